The molecule has 128 valence electrons. The first-order valence-electron chi connectivity index (χ1n) is 7.80. The van der Waals surface area contributed by atoms with Crippen molar-refractivity contribution < 1.29 is 4.79 Å². The fourth-order valence-corrected chi connectivity index (χ4v) is 4.06. The average molecular weight is 385 g/mol. The van der Waals surface area contributed by atoms with Crippen molar-refractivity contribution in [2.24, 2.45) is 4.99 Å². The minimum Gasteiger partial charge on any atom is -0.323 e. The van der Waals surface area contributed by atoms with Crippen LogP contribution in [0.1, 0.15) is 13.3 Å². The fourth-order valence-electron chi connectivity index (χ4n) is 2.52. The van der Waals surface area contributed by atoms with Gasteiger partial charge in [-0.05, 0) is 36.6 Å². The van der Waals surface area contributed by atoms with E-state index < -0.39 is 0 Å². The van der Waals surface area contributed by atoms with Crippen molar-refractivity contribution in [2.75, 3.05) is 31.5 Å². The number of carbonyl (C=O) groups excluding carboxylic acids is 1. The number of halogens is 2. The van der Waals surface area contributed by atoms with Gasteiger partial charge in [-0.1, -0.05) is 36.2 Å². The molecule has 0 aliphatic carbocycles. The highest BCUT2D eigenvalue weighted by atomic mass is 35.5. The molecule has 1 aromatic carbocycles. The van der Waals surface area contributed by atoms with Gasteiger partial charge in [0.2, 0.25) is 5.96 Å². The van der Waals surface area contributed by atoms with Crippen LogP contribution in [0.3, 0.4) is 0 Å². The van der Waals surface area contributed by atoms with E-state index in [4.69, 9.17) is 23.2 Å². The number of guanidine groups is 1. The quantitative estimate of drug-likeness (QED) is 0.800. The highest BCUT2D eigenvalue weighted by molar-refractivity contribution is 8.02. The van der Waals surface area contributed by atoms with Gasteiger partial charge in [0.05, 0.1) is 27.2 Å². The first-order chi connectivity index (χ1) is 11.6. The molecule has 2 aliphatic heterocycles. The van der Waals surface area contributed by atoms with E-state index in [0.29, 0.717) is 34.8 Å². The van der Waals surface area contributed by atoms with E-state index in [-0.39, 0.29) is 5.91 Å². The Bertz CT molecular complexity index is 687. The number of rotatable bonds is 4. The number of para-hydroxylation sites is 1. The minimum absolute atomic E-state index is 0.0365. The first kappa shape index (κ1) is 17.6. The van der Waals surface area contributed by atoms with Gasteiger partial charge in [-0.15, -0.1) is 0 Å². The van der Waals surface area contributed by atoms with E-state index in [2.05, 4.69) is 21.5 Å². The molecule has 0 fully saturated rings. The van der Waals surface area contributed by atoms with E-state index >= 15 is 0 Å². The second-order valence-corrected chi connectivity index (χ2v) is 7.38. The number of amides is 1. The van der Waals surface area contributed by atoms with E-state index in [1.807, 2.05) is 6.08 Å². The van der Waals surface area contributed by atoms with Crippen LogP contribution in [0.5, 0.6) is 0 Å². The molecule has 3 rings (SSSR count). The lowest BCUT2D eigenvalue weighted by molar-refractivity contribution is -0.122. The van der Waals surface area contributed by atoms with Gasteiger partial charge in [0, 0.05) is 19.6 Å². The Morgan fingerprint density at radius 2 is 2.12 bits per heavy atom. The van der Waals surface area contributed by atoms with Gasteiger partial charge in [0.25, 0.3) is 5.91 Å². The Morgan fingerprint density at radius 3 is 2.83 bits per heavy atom. The van der Waals surface area contributed by atoms with E-state index in [1.54, 1.807) is 23.1 Å². The Hall–Kier alpha value is -1.21. The predicted octanol–water partition coefficient (Wildman–Crippen LogP) is 3.86. The third-order valence-corrected chi connectivity index (χ3v) is 5.43. The Balaban J connectivity index is 1.71. The molecule has 8 heteroatoms. The SMILES string of the molecule is CCCN1CC=C(C(=O)N2CCN=C2Nc2c(Cl)cccc2Cl)S1. The minimum atomic E-state index is -0.0365. The zero-order valence-electron chi connectivity index (χ0n) is 13.3. The molecule has 2 aliphatic rings. The average Bonchev–Trinajstić information content (AvgIpc) is 3.20. The second kappa shape index (κ2) is 7.78. The lowest BCUT2D eigenvalue weighted by Crippen LogP contribution is -2.38. The van der Waals surface area contributed by atoms with Crippen LogP contribution in [-0.4, -0.2) is 47.3 Å². The van der Waals surface area contributed by atoms with E-state index in [9.17, 15) is 4.79 Å². The third kappa shape index (κ3) is 3.72. The van der Waals surface area contributed by atoms with Crippen LogP contribution in [0.4, 0.5) is 5.69 Å². The Kier molecular flexibility index (Phi) is 5.71. The lowest BCUT2D eigenvalue weighted by Gasteiger charge is -2.21. The first-order valence-corrected chi connectivity index (χ1v) is 9.33. The van der Waals surface area contributed by atoms with Gasteiger partial charge in [-0.2, -0.15) is 0 Å². The summed E-state index contributed by atoms with van der Waals surface area (Å²) in [5, 5.41) is 4.10. The molecular weight excluding hydrogens is 367 g/mol. The van der Waals surface area contributed by atoms with Crippen molar-refractivity contribution in [3.05, 3.63) is 39.2 Å². The fraction of sp³-hybridized carbons (Fsp3) is 0.375. The molecule has 0 atom stereocenters. The van der Waals surface area contributed by atoms with E-state index in [1.165, 1.54) is 11.9 Å². The summed E-state index contributed by atoms with van der Waals surface area (Å²) in [4.78, 5) is 19.6. The molecule has 1 amide bonds. The predicted molar refractivity (Wildman–Crippen MR) is 102 cm³/mol. The molecule has 0 saturated carbocycles. The summed E-state index contributed by atoms with van der Waals surface area (Å²) < 4.78 is 2.18. The van der Waals surface area contributed by atoms with Crippen molar-refractivity contribution in [2.45, 2.75) is 13.3 Å². The highest BCUT2D eigenvalue weighted by Crippen LogP contribution is 2.32. The summed E-state index contributed by atoms with van der Waals surface area (Å²) in [7, 11) is 0. The van der Waals surface area contributed by atoms with Gasteiger partial charge < -0.3 is 5.32 Å². The number of aliphatic imine (C=N–C) groups is 1. The summed E-state index contributed by atoms with van der Waals surface area (Å²) in [6.07, 6.45) is 3.03. The Morgan fingerprint density at radius 1 is 1.38 bits per heavy atom. The van der Waals surface area contributed by atoms with Crippen LogP contribution in [0, 0.1) is 0 Å². The van der Waals surface area contributed by atoms with Crippen molar-refractivity contribution in [1.82, 2.24) is 9.21 Å². The Labute approximate surface area is 155 Å². The molecule has 0 saturated heterocycles. The molecule has 2 heterocycles. The van der Waals surface area contributed by atoms with Gasteiger partial charge >= 0.3 is 0 Å². The topological polar surface area (TPSA) is 47.9 Å². The van der Waals surface area contributed by atoms with Crippen LogP contribution in [0.25, 0.3) is 0 Å². The zero-order chi connectivity index (χ0) is 17.1. The molecule has 0 radical (unpaired) electrons. The number of benzene rings is 1. The molecule has 0 aromatic heterocycles. The molecule has 0 bridgehead atoms. The van der Waals surface area contributed by atoms with Crippen molar-refractivity contribution in [3.8, 4) is 0 Å². The van der Waals surface area contributed by atoms with Crippen LogP contribution in [-0.2, 0) is 4.79 Å². The molecule has 0 spiro atoms. The summed E-state index contributed by atoms with van der Waals surface area (Å²) >= 11 is 13.9. The highest BCUT2D eigenvalue weighted by Gasteiger charge is 2.30. The maximum absolute atomic E-state index is 12.8. The van der Waals surface area contributed by atoms with Crippen LogP contribution < -0.4 is 5.32 Å². The number of nitrogens with one attached hydrogen (secondary N) is 1. The monoisotopic (exact) mass is 384 g/mol. The second-order valence-electron chi connectivity index (χ2n) is 5.43. The van der Waals surface area contributed by atoms with Gasteiger partial charge in [0.1, 0.15) is 0 Å². The largest absolute Gasteiger partial charge is 0.323 e. The number of hydrogen-bond acceptors (Lipinski definition) is 5. The van der Waals surface area contributed by atoms with Crippen molar-refractivity contribution in [3.63, 3.8) is 0 Å². The number of anilines is 1. The van der Waals surface area contributed by atoms with Gasteiger partial charge in [0.15, 0.2) is 0 Å². The van der Waals surface area contributed by atoms with E-state index in [0.717, 1.165) is 24.4 Å². The van der Waals surface area contributed by atoms with Crippen LogP contribution >= 0.6 is 35.1 Å². The molecule has 0 unspecified atom stereocenters. The number of carbonyl (C=O) groups is 1. The molecule has 1 aromatic rings. The number of nitrogens with zero attached hydrogens (tertiary/aromatic N) is 3. The summed E-state index contributed by atoms with van der Waals surface area (Å²) in [5.41, 5.74) is 0.569. The maximum Gasteiger partial charge on any atom is 0.268 e. The molecule has 1 N–H and O–H groups in total. The molecular formula is C16H18Cl2N4OS. The smallest absolute Gasteiger partial charge is 0.268 e. The van der Waals surface area contributed by atoms with Crippen LogP contribution in [0.15, 0.2) is 34.2 Å². The van der Waals surface area contributed by atoms with Crippen molar-refractivity contribution in [1.29, 1.82) is 0 Å². The summed E-state index contributed by atoms with van der Waals surface area (Å²) in [6, 6.07) is 5.27. The third-order valence-electron chi connectivity index (χ3n) is 3.68. The molecule has 24 heavy (non-hydrogen) atoms. The lowest BCUT2D eigenvalue weighted by atomic mass is 10.3. The number of hydrogen-bond donors (Lipinski definition) is 1. The molecule has 5 nitrogen and oxygen atoms in total. The van der Waals surface area contributed by atoms with Gasteiger partial charge in [-0.25, -0.2) is 4.31 Å². The summed E-state index contributed by atoms with van der Waals surface area (Å²) in [5.74, 6) is 0.455. The zero-order valence-corrected chi connectivity index (χ0v) is 15.6. The maximum atomic E-state index is 12.8. The summed E-state index contributed by atoms with van der Waals surface area (Å²) in [6.45, 7) is 5.00. The van der Waals surface area contributed by atoms with Gasteiger partial charge in [-0.3, -0.25) is 14.7 Å². The van der Waals surface area contributed by atoms with Crippen LogP contribution in [0.2, 0.25) is 10.0 Å². The standard InChI is InChI=1S/C16H18Cl2N4OS/c1-2-8-21-9-6-13(24-21)15(23)22-10-7-19-16(22)20-14-11(17)4-3-5-12(14)18/h3-6H,2,7-10H2,1H3,(H,19,20). The van der Waals surface area contributed by atoms with Crippen molar-refractivity contribution >= 4 is 52.7 Å². The normalized spacial score (nSPS) is 17.9.